The van der Waals surface area contributed by atoms with Crippen LogP contribution in [0.5, 0.6) is 0 Å². The number of hydrogen-bond donors (Lipinski definition) is 0. The first-order valence-corrected chi connectivity index (χ1v) is 2.68. The van der Waals surface area contributed by atoms with Gasteiger partial charge < -0.3 is 10.0 Å². The van der Waals surface area contributed by atoms with Gasteiger partial charge in [0.25, 0.3) is 0 Å². The van der Waals surface area contributed by atoms with Gasteiger partial charge in [0, 0.05) is 0 Å². The van der Waals surface area contributed by atoms with Gasteiger partial charge in [-0.05, 0) is 0 Å². The molecule has 0 fully saturated rings. The van der Waals surface area contributed by atoms with Gasteiger partial charge in [-0.2, -0.15) is 13.2 Å². The summed E-state index contributed by atoms with van der Waals surface area (Å²) < 4.78 is 58.9. The zero-order valence-electron chi connectivity index (χ0n) is 4.03. The number of rotatable bonds is 0. The third-order valence-electron chi connectivity index (χ3n) is 0.283. The van der Waals surface area contributed by atoms with E-state index in [2.05, 4.69) is 0 Å². The molecule has 10 heavy (non-hydrogen) atoms. The van der Waals surface area contributed by atoms with Gasteiger partial charge in [0.05, 0.1) is 0 Å². The molecular formula is CH2F3O4SYb+. The second-order valence-corrected chi connectivity index (χ2v) is 2.27. The molecule has 0 aliphatic carbocycles. The SMILES string of the molecule is O.O=S(=O)([O-])C(F)(F)F.[Yb+2]. The molecule has 9 heteroatoms. The second kappa shape index (κ2) is 4.94. The van der Waals surface area contributed by atoms with Gasteiger partial charge in [-0.25, -0.2) is 8.42 Å². The zero-order chi connectivity index (χ0) is 7.00. The maximum atomic E-state index is 10.7. The normalized spacial score (nSPS) is 11.2. The molecule has 0 bridgehead atoms. The molecule has 0 rings (SSSR count). The molecule has 0 aromatic heterocycles. The van der Waals surface area contributed by atoms with E-state index in [0.29, 0.717) is 0 Å². The molecule has 0 radical (unpaired) electrons. The second-order valence-electron chi connectivity index (χ2n) is 0.900. The largest absolute Gasteiger partial charge is 2.00 e. The van der Waals surface area contributed by atoms with E-state index in [1.807, 2.05) is 0 Å². The van der Waals surface area contributed by atoms with Gasteiger partial charge in [-0.3, -0.25) is 0 Å². The van der Waals surface area contributed by atoms with Crippen molar-refractivity contribution in [3.63, 3.8) is 0 Å². The van der Waals surface area contributed by atoms with E-state index in [-0.39, 0.29) is 52.4 Å². The Bertz CT molecular complexity index is 169. The minimum absolute atomic E-state index is 0. The standard InChI is InChI=1S/CHF3O3S.H2O.Yb/c2-1(3,4)8(5,6)7;;/h(H,5,6,7);1H2;/q;;+2/p-1. The fourth-order valence-corrected chi connectivity index (χ4v) is 0. The van der Waals surface area contributed by atoms with Crippen LogP contribution in [0.3, 0.4) is 0 Å². The summed E-state index contributed by atoms with van der Waals surface area (Å²) in [4.78, 5) is 0. The van der Waals surface area contributed by atoms with Crippen molar-refractivity contribution in [1.29, 1.82) is 0 Å². The van der Waals surface area contributed by atoms with Crippen molar-refractivity contribution in [3.05, 3.63) is 0 Å². The summed E-state index contributed by atoms with van der Waals surface area (Å²) in [7, 11) is -6.09. The Morgan fingerprint density at radius 1 is 1.20 bits per heavy atom. The van der Waals surface area contributed by atoms with Crippen molar-refractivity contribution in [2.24, 2.45) is 0 Å². The molecule has 0 saturated heterocycles. The monoisotopic (exact) mass is 341 g/mol. The summed E-state index contributed by atoms with van der Waals surface area (Å²) >= 11 is 0. The van der Waals surface area contributed by atoms with Crippen LogP contribution in [0.15, 0.2) is 0 Å². The van der Waals surface area contributed by atoms with E-state index >= 15 is 0 Å². The average Bonchev–Trinajstić information content (AvgIpc) is 1.25. The van der Waals surface area contributed by atoms with E-state index in [1.165, 1.54) is 0 Å². The van der Waals surface area contributed by atoms with Crippen LogP contribution in [0.25, 0.3) is 0 Å². The molecule has 0 aliphatic heterocycles. The first-order chi connectivity index (χ1) is 3.25. The molecule has 2 N–H and O–H groups in total. The molecule has 0 aliphatic rings. The third kappa shape index (κ3) is 5.93. The molecule has 0 saturated carbocycles. The Morgan fingerprint density at radius 2 is 1.30 bits per heavy atom. The first-order valence-electron chi connectivity index (χ1n) is 1.27. The van der Waals surface area contributed by atoms with Crippen molar-refractivity contribution in [1.82, 2.24) is 0 Å². The summed E-state index contributed by atoms with van der Waals surface area (Å²) in [5.74, 6) is 0. The summed E-state index contributed by atoms with van der Waals surface area (Å²) in [6, 6.07) is 0. The van der Waals surface area contributed by atoms with Gasteiger partial charge >= 0.3 is 52.4 Å². The predicted molar refractivity (Wildman–Crippen MR) is 19.4 cm³/mol. The van der Waals surface area contributed by atoms with Gasteiger partial charge in [0.1, 0.15) is 0 Å². The molecule has 4 nitrogen and oxygen atoms in total. The minimum Gasteiger partial charge on any atom is -0.741 e. The van der Waals surface area contributed by atoms with Crippen LogP contribution in [0.1, 0.15) is 0 Å². The Labute approximate surface area is 93.1 Å². The van der Waals surface area contributed by atoms with E-state index in [1.54, 1.807) is 0 Å². The Hall–Kier alpha value is 1.18. The topological polar surface area (TPSA) is 88.7 Å². The smallest absolute Gasteiger partial charge is 0.741 e. The predicted octanol–water partition coefficient (Wildman–Crippen LogP) is -0.773. The number of halogens is 3. The molecule has 0 heterocycles. The molecule has 0 atom stereocenters. The van der Waals surface area contributed by atoms with E-state index in [0.717, 1.165) is 0 Å². The Kier molecular flexibility index (Phi) is 8.55. The maximum Gasteiger partial charge on any atom is 2.00 e. The summed E-state index contributed by atoms with van der Waals surface area (Å²) in [6.45, 7) is 0. The molecule has 0 spiro atoms. The Balaban J connectivity index is -0.000000245. The van der Waals surface area contributed by atoms with Gasteiger partial charge in [0.15, 0.2) is 10.1 Å². The molecule has 0 unspecified atom stereocenters. The zero-order valence-corrected chi connectivity index (χ0v) is 6.57. The maximum absolute atomic E-state index is 10.7. The number of hydrogen-bond acceptors (Lipinski definition) is 3. The average molecular weight is 340 g/mol. The van der Waals surface area contributed by atoms with Crippen molar-refractivity contribution in [2.75, 3.05) is 0 Å². The molecule has 0 aromatic carbocycles. The van der Waals surface area contributed by atoms with Gasteiger partial charge in [-0.1, -0.05) is 0 Å². The summed E-state index contributed by atoms with van der Waals surface area (Å²) in [5, 5.41) is 0. The van der Waals surface area contributed by atoms with Crippen LogP contribution < -0.4 is 0 Å². The van der Waals surface area contributed by atoms with Crippen molar-refractivity contribution < 1.29 is 78.5 Å². The Morgan fingerprint density at radius 3 is 1.30 bits per heavy atom. The van der Waals surface area contributed by atoms with Crippen LogP contribution in [0.4, 0.5) is 13.2 Å². The van der Waals surface area contributed by atoms with Crippen LogP contribution in [0, 0.1) is 46.9 Å². The van der Waals surface area contributed by atoms with E-state index in [9.17, 15) is 13.2 Å². The van der Waals surface area contributed by atoms with Crippen LogP contribution in [-0.4, -0.2) is 24.0 Å². The van der Waals surface area contributed by atoms with Crippen LogP contribution in [-0.2, 0) is 10.1 Å². The first kappa shape index (κ1) is 17.3. The molecule has 0 aromatic rings. The minimum atomic E-state index is -6.09. The van der Waals surface area contributed by atoms with Crippen molar-refractivity contribution >= 4 is 10.1 Å². The van der Waals surface area contributed by atoms with Crippen molar-refractivity contribution in [3.8, 4) is 0 Å². The quantitative estimate of drug-likeness (QED) is 0.428. The summed E-state index contributed by atoms with van der Waals surface area (Å²) in [6.07, 6.45) is 0. The third-order valence-corrected chi connectivity index (χ3v) is 0.850. The number of alkyl halides is 3. The van der Waals surface area contributed by atoms with Crippen molar-refractivity contribution in [2.45, 2.75) is 5.51 Å². The fourth-order valence-electron chi connectivity index (χ4n) is 0. The van der Waals surface area contributed by atoms with Gasteiger partial charge in [0.2, 0.25) is 0 Å². The van der Waals surface area contributed by atoms with E-state index < -0.39 is 15.6 Å². The summed E-state index contributed by atoms with van der Waals surface area (Å²) in [5.41, 5.74) is -5.65. The van der Waals surface area contributed by atoms with Crippen LogP contribution in [0.2, 0.25) is 0 Å². The van der Waals surface area contributed by atoms with Gasteiger partial charge in [-0.15, -0.1) is 0 Å². The molecular weight excluding hydrogens is 338 g/mol. The van der Waals surface area contributed by atoms with E-state index in [4.69, 9.17) is 13.0 Å². The molecule has 0 amide bonds. The van der Waals surface area contributed by atoms with Crippen LogP contribution >= 0.6 is 0 Å². The fraction of sp³-hybridized carbons (Fsp3) is 1.00. The molecule has 70 valence electrons.